The van der Waals surface area contributed by atoms with Crippen molar-refractivity contribution >= 4 is 15.8 Å². The molecule has 0 bridgehead atoms. The standard InChI is InChI=1S/C9H10N4O4S/c1-17-9(12-13-10)8(14)6-4-2-3-5-7(6)18(11,15)16/h2-5,9H,1H3,(H2,11,15,16). The van der Waals surface area contributed by atoms with Crippen LogP contribution in [0.4, 0.5) is 0 Å². The highest BCUT2D eigenvalue weighted by Gasteiger charge is 2.24. The molecule has 1 rings (SSSR count). The number of ether oxygens (including phenoxy) is 1. The van der Waals surface area contributed by atoms with Crippen LogP contribution < -0.4 is 5.14 Å². The Morgan fingerprint density at radius 3 is 2.61 bits per heavy atom. The molecule has 0 aromatic heterocycles. The molecule has 9 heteroatoms. The number of methoxy groups -OCH3 is 1. The van der Waals surface area contributed by atoms with E-state index in [1.165, 1.54) is 24.3 Å². The van der Waals surface area contributed by atoms with Crippen molar-refractivity contribution in [3.8, 4) is 0 Å². The minimum Gasteiger partial charge on any atom is -0.367 e. The second-order valence-corrected chi connectivity index (χ2v) is 4.73. The van der Waals surface area contributed by atoms with Gasteiger partial charge in [0.05, 0.1) is 4.90 Å². The minimum absolute atomic E-state index is 0.181. The van der Waals surface area contributed by atoms with E-state index >= 15 is 0 Å². The summed E-state index contributed by atoms with van der Waals surface area (Å²) < 4.78 is 27.3. The number of primary sulfonamides is 1. The normalized spacial score (nSPS) is 12.6. The number of azide groups is 1. The summed E-state index contributed by atoms with van der Waals surface area (Å²) in [5.74, 6) is -0.778. The van der Waals surface area contributed by atoms with Crippen molar-refractivity contribution in [2.75, 3.05) is 7.11 Å². The van der Waals surface area contributed by atoms with Gasteiger partial charge in [-0.1, -0.05) is 17.2 Å². The van der Waals surface area contributed by atoms with Gasteiger partial charge in [0.15, 0.2) is 12.0 Å². The van der Waals surface area contributed by atoms with Crippen LogP contribution in [-0.4, -0.2) is 27.5 Å². The largest absolute Gasteiger partial charge is 0.367 e. The smallest absolute Gasteiger partial charge is 0.238 e. The van der Waals surface area contributed by atoms with Gasteiger partial charge in [0.25, 0.3) is 0 Å². The minimum atomic E-state index is -4.05. The molecule has 0 fully saturated rings. The van der Waals surface area contributed by atoms with Crippen LogP contribution in [0.2, 0.25) is 0 Å². The third-order valence-corrected chi connectivity index (χ3v) is 3.03. The number of nitrogens with two attached hydrogens (primary N) is 1. The Kier molecular flexibility index (Phi) is 4.40. The highest BCUT2D eigenvalue weighted by Crippen LogP contribution is 2.17. The predicted octanol–water partition coefficient (Wildman–Crippen LogP) is 0.800. The number of carbonyl (C=O) groups is 1. The molecule has 0 aliphatic rings. The fraction of sp³-hybridized carbons (Fsp3) is 0.222. The molecule has 96 valence electrons. The summed E-state index contributed by atoms with van der Waals surface area (Å²) in [6, 6.07) is 5.34. The maximum atomic E-state index is 11.9. The fourth-order valence-electron chi connectivity index (χ4n) is 1.30. The molecule has 1 atom stereocenters. The first kappa shape index (κ1) is 14.1. The number of hydrogen-bond acceptors (Lipinski definition) is 5. The number of hydrogen-bond donors (Lipinski definition) is 1. The lowest BCUT2D eigenvalue weighted by Gasteiger charge is -2.10. The van der Waals surface area contributed by atoms with E-state index in [1.807, 2.05) is 0 Å². The quantitative estimate of drug-likeness (QED) is 0.366. The van der Waals surface area contributed by atoms with Crippen molar-refractivity contribution in [3.63, 3.8) is 0 Å². The average molecular weight is 270 g/mol. The Bertz CT molecular complexity index is 607. The van der Waals surface area contributed by atoms with Crippen LogP contribution in [0.15, 0.2) is 34.3 Å². The number of rotatable bonds is 5. The van der Waals surface area contributed by atoms with Gasteiger partial charge in [-0.3, -0.25) is 4.79 Å². The van der Waals surface area contributed by atoms with Crippen LogP contribution >= 0.6 is 0 Å². The molecular weight excluding hydrogens is 260 g/mol. The van der Waals surface area contributed by atoms with Gasteiger partial charge in [0.1, 0.15) is 0 Å². The molecule has 0 saturated heterocycles. The number of ketones is 1. The molecule has 1 aromatic carbocycles. The number of sulfonamides is 1. The van der Waals surface area contributed by atoms with E-state index in [9.17, 15) is 13.2 Å². The zero-order valence-corrected chi connectivity index (χ0v) is 10.2. The zero-order valence-electron chi connectivity index (χ0n) is 9.35. The van der Waals surface area contributed by atoms with Crippen molar-refractivity contribution in [3.05, 3.63) is 40.3 Å². The van der Waals surface area contributed by atoms with E-state index in [4.69, 9.17) is 10.7 Å². The molecule has 0 aliphatic carbocycles. The van der Waals surface area contributed by atoms with Gasteiger partial charge in [0, 0.05) is 17.6 Å². The van der Waals surface area contributed by atoms with E-state index < -0.39 is 22.0 Å². The van der Waals surface area contributed by atoms with E-state index in [0.717, 1.165) is 7.11 Å². The van der Waals surface area contributed by atoms with Crippen LogP contribution in [0.25, 0.3) is 10.4 Å². The topological polar surface area (TPSA) is 135 Å². The van der Waals surface area contributed by atoms with Crippen LogP contribution in [0.3, 0.4) is 0 Å². The summed E-state index contributed by atoms with van der Waals surface area (Å²) in [5.41, 5.74) is 8.09. The van der Waals surface area contributed by atoms with E-state index in [0.29, 0.717) is 0 Å². The Morgan fingerprint density at radius 2 is 2.11 bits per heavy atom. The molecule has 18 heavy (non-hydrogen) atoms. The highest BCUT2D eigenvalue weighted by atomic mass is 32.2. The van der Waals surface area contributed by atoms with Gasteiger partial charge in [-0.2, -0.15) is 0 Å². The lowest BCUT2D eigenvalue weighted by Crippen LogP contribution is -2.24. The fourth-order valence-corrected chi connectivity index (χ4v) is 2.05. The first-order valence-corrected chi connectivity index (χ1v) is 6.19. The van der Waals surface area contributed by atoms with Crippen LogP contribution in [0, 0.1) is 0 Å². The molecule has 0 heterocycles. The van der Waals surface area contributed by atoms with Crippen molar-refractivity contribution in [1.82, 2.24) is 0 Å². The van der Waals surface area contributed by atoms with Crippen LogP contribution in [-0.2, 0) is 14.8 Å². The number of carbonyl (C=O) groups excluding carboxylic acids is 1. The van der Waals surface area contributed by atoms with E-state index in [1.54, 1.807) is 0 Å². The SMILES string of the molecule is COC(N=[N+]=[N-])C(=O)c1ccccc1S(N)(=O)=O. The van der Waals surface area contributed by atoms with Crippen molar-refractivity contribution in [1.29, 1.82) is 0 Å². The van der Waals surface area contributed by atoms with Gasteiger partial charge < -0.3 is 4.74 Å². The molecule has 0 aliphatic heterocycles. The van der Waals surface area contributed by atoms with Gasteiger partial charge in [-0.05, 0) is 17.7 Å². The summed E-state index contributed by atoms with van der Waals surface area (Å²) in [5, 5.41) is 8.10. The van der Waals surface area contributed by atoms with Gasteiger partial charge in [0.2, 0.25) is 10.0 Å². The third-order valence-electron chi connectivity index (χ3n) is 2.06. The zero-order chi connectivity index (χ0) is 13.8. The Balaban J connectivity index is 3.34. The Morgan fingerprint density at radius 1 is 1.50 bits per heavy atom. The van der Waals surface area contributed by atoms with Gasteiger partial charge in [-0.15, -0.1) is 0 Å². The molecule has 0 radical (unpaired) electrons. The lowest BCUT2D eigenvalue weighted by molar-refractivity contribution is 0.0622. The summed E-state index contributed by atoms with van der Waals surface area (Å²) >= 11 is 0. The monoisotopic (exact) mass is 270 g/mol. The number of Topliss-reactive ketones (excluding diaryl/α,β-unsaturated/α-hetero) is 1. The van der Waals surface area contributed by atoms with Crippen LogP contribution in [0.5, 0.6) is 0 Å². The van der Waals surface area contributed by atoms with Gasteiger partial charge in [-0.25, -0.2) is 13.6 Å². The van der Waals surface area contributed by atoms with Crippen molar-refractivity contribution < 1.29 is 17.9 Å². The molecular formula is C9H10N4O4S. The Labute approximate surface area is 103 Å². The van der Waals surface area contributed by atoms with E-state index in [2.05, 4.69) is 14.8 Å². The molecule has 0 spiro atoms. The third kappa shape index (κ3) is 3.05. The Hall–Kier alpha value is -1.93. The van der Waals surface area contributed by atoms with Crippen molar-refractivity contribution in [2.45, 2.75) is 11.1 Å². The maximum absolute atomic E-state index is 11.9. The maximum Gasteiger partial charge on any atom is 0.238 e. The van der Waals surface area contributed by atoms with E-state index in [-0.39, 0.29) is 10.5 Å². The summed E-state index contributed by atoms with van der Waals surface area (Å²) in [6.45, 7) is 0. The first-order chi connectivity index (χ1) is 8.41. The van der Waals surface area contributed by atoms with Crippen LogP contribution in [0.1, 0.15) is 10.4 Å². The second kappa shape index (κ2) is 5.61. The highest BCUT2D eigenvalue weighted by molar-refractivity contribution is 7.89. The lowest BCUT2D eigenvalue weighted by atomic mass is 10.1. The molecule has 2 N–H and O–H groups in total. The molecule has 0 amide bonds. The molecule has 0 saturated carbocycles. The summed E-state index contributed by atoms with van der Waals surface area (Å²) in [4.78, 5) is 14.0. The molecule has 1 aromatic rings. The summed E-state index contributed by atoms with van der Waals surface area (Å²) in [6.07, 6.45) is -1.43. The first-order valence-electron chi connectivity index (χ1n) is 4.65. The number of benzene rings is 1. The predicted molar refractivity (Wildman–Crippen MR) is 62.1 cm³/mol. The second-order valence-electron chi connectivity index (χ2n) is 3.20. The average Bonchev–Trinajstić information content (AvgIpc) is 2.34. The molecule has 8 nitrogen and oxygen atoms in total. The van der Waals surface area contributed by atoms with Gasteiger partial charge >= 0.3 is 0 Å². The summed E-state index contributed by atoms with van der Waals surface area (Å²) in [7, 11) is -2.88. The molecule has 1 unspecified atom stereocenters. The number of nitrogens with zero attached hydrogens (tertiary/aromatic N) is 3. The van der Waals surface area contributed by atoms with Crippen molar-refractivity contribution in [2.24, 2.45) is 10.3 Å².